The minimum absolute atomic E-state index is 0.0160. The molecule has 0 bridgehead atoms. The fourth-order valence-electron chi connectivity index (χ4n) is 2.75. The van der Waals surface area contributed by atoms with Gasteiger partial charge in [0, 0.05) is 19.5 Å². The van der Waals surface area contributed by atoms with Gasteiger partial charge in [-0.25, -0.2) is 0 Å². The molecule has 1 aromatic rings. The number of nitrogens with two attached hydrogens (primary N) is 1. The molecule has 2 rings (SSSR count). The first kappa shape index (κ1) is 15.8. The van der Waals surface area contributed by atoms with Crippen LogP contribution in [-0.2, 0) is 9.53 Å². The second kappa shape index (κ2) is 7.43. The summed E-state index contributed by atoms with van der Waals surface area (Å²) < 4.78 is 5.70. The first-order valence-corrected chi connectivity index (χ1v) is 7.56. The number of morpholine rings is 1. The number of ether oxygens (including phenoxy) is 1. The highest BCUT2D eigenvalue weighted by Crippen LogP contribution is 2.17. The number of nitrogens with zero attached hydrogens (tertiary/aromatic N) is 1. The lowest BCUT2D eigenvalue weighted by atomic mass is 10.2. The zero-order valence-electron chi connectivity index (χ0n) is 12.8. The van der Waals surface area contributed by atoms with Crippen LogP contribution in [0.4, 0.5) is 11.4 Å². The number of rotatable bonds is 5. The van der Waals surface area contributed by atoms with Crippen molar-refractivity contribution in [2.75, 3.05) is 30.7 Å². The van der Waals surface area contributed by atoms with Crippen molar-refractivity contribution in [1.29, 1.82) is 0 Å². The maximum atomic E-state index is 11.9. The molecule has 21 heavy (non-hydrogen) atoms. The summed E-state index contributed by atoms with van der Waals surface area (Å²) in [6, 6.07) is 7.32. The van der Waals surface area contributed by atoms with E-state index >= 15 is 0 Å². The second-order valence-electron chi connectivity index (χ2n) is 5.76. The number of hydrogen-bond acceptors (Lipinski definition) is 4. The van der Waals surface area contributed by atoms with Crippen LogP contribution in [0.3, 0.4) is 0 Å². The van der Waals surface area contributed by atoms with Crippen molar-refractivity contribution in [2.45, 2.75) is 38.9 Å². The van der Waals surface area contributed by atoms with Gasteiger partial charge in [-0.2, -0.15) is 0 Å². The fraction of sp³-hybridized carbons (Fsp3) is 0.562. The summed E-state index contributed by atoms with van der Waals surface area (Å²) in [6.45, 7) is 6.99. The molecule has 1 aliphatic heterocycles. The number of anilines is 2. The minimum Gasteiger partial charge on any atom is -0.397 e. The molecule has 1 aliphatic rings. The maximum absolute atomic E-state index is 11.9. The predicted molar refractivity (Wildman–Crippen MR) is 85.2 cm³/mol. The highest BCUT2D eigenvalue weighted by Gasteiger charge is 2.21. The van der Waals surface area contributed by atoms with Crippen molar-refractivity contribution in [3.8, 4) is 0 Å². The number of carbonyl (C=O) groups excluding carboxylic acids is 1. The third-order valence-corrected chi connectivity index (χ3v) is 3.61. The van der Waals surface area contributed by atoms with Gasteiger partial charge < -0.3 is 15.8 Å². The zero-order valence-corrected chi connectivity index (χ0v) is 12.8. The molecule has 1 amide bonds. The highest BCUT2D eigenvalue weighted by molar-refractivity contribution is 5.93. The number of nitrogens with one attached hydrogen (secondary N) is 1. The predicted octanol–water partition coefficient (Wildman–Crippen LogP) is 2.10. The van der Waals surface area contributed by atoms with E-state index in [1.165, 1.54) is 0 Å². The Morgan fingerprint density at radius 3 is 2.67 bits per heavy atom. The van der Waals surface area contributed by atoms with Gasteiger partial charge in [-0.1, -0.05) is 12.1 Å². The third-order valence-electron chi connectivity index (χ3n) is 3.61. The molecule has 2 atom stereocenters. The Kier molecular flexibility index (Phi) is 5.59. The largest absolute Gasteiger partial charge is 0.397 e. The van der Waals surface area contributed by atoms with Gasteiger partial charge in [-0.3, -0.25) is 9.69 Å². The van der Waals surface area contributed by atoms with Crippen molar-refractivity contribution in [3.63, 3.8) is 0 Å². The number of carbonyl (C=O) groups is 1. The molecular weight excluding hydrogens is 266 g/mol. The Balaban J connectivity index is 1.71. The van der Waals surface area contributed by atoms with E-state index in [0.29, 0.717) is 17.8 Å². The molecule has 0 saturated carbocycles. The van der Waals surface area contributed by atoms with Crippen molar-refractivity contribution in [3.05, 3.63) is 24.3 Å². The fourth-order valence-corrected chi connectivity index (χ4v) is 2.75. The zero-order chi connectivity index (χ0) is 15.2. The Labute approximate surface area is 126 Å². The van der Waals surface area contributed by atoms with Crippen LogP contribution in [-0.4, -0.2) is 42.6 Å². The Morgan fingerprint density at radius 2 is 2.00 bits per heavy atom. The topological polar surface area (TPSA) is 67.6 Å². The van der Waals surface area contributed by atoms with E-state index < -0.39 is 0 Å². The van der Waals surface area contributed by atoms with Crippen LogP contribution in [0.25, 0.3) is 0 Å². The van der Waals surface area contributed by atoms with E-state index in [4.69, 9.17) is 10.5 Å². The van der Waals surface area contributed by atoms with Crippen LogP contribution >= 0.6 is 0 Å². The van der Waals surface area contributed by atoms with Gasteiger partial charge in [0.05, 0.1) is 23.6 Å². The van der Waals surface area contributed by atoms with Gasteiger partial charge in [0.15, 0.2) is 0 Å². The van der Waals surface area contributed by atoms with E-state index in [1.807, 2.05) is 18.2 Å². The second-order valence-corrected chi connectivity index (χ2v) is 5.76. The summed E-state index contributed by atoms with van der Waals surface area (Å²) in [6.07, 6.45) is 1.89. The van der Waals surface area contributed by atoms with Gasteiger partial charge >= 0.3 is 0 Å². The maximum Gasteiger partial charge on any atom is 0.224 e. The highest BCUT2D eigenvalue weighted by atomic mass is 16.5. The van der Waals surface area contributed by atoms with E-state index in [9.17, 15) is 4.79 Å². The van der Waals surface area contributed by atoms with Crippen molar-refractivity contribution >= 4 is 17.3 Å². The molecule has 5 heteroatoms. The van der Waals surface area contributed by atoms with E-state index in [-0.39, 0.29) is 18.1 Å². The Morgan fingerprint density at radius 1 is 1.33 bits per heavy atom. The van der Waals surface area contributed by atoms with Gasteiger partial charge in [0.1, 0.15) is 0 Å². The number of amides is 1. The molecule has 116 valence electrons. The molecule has 2 unspecified atom stereocenters. The van der Waals surface area contributed by atoms with Gasteiger partial charge in [0.25, 0.3) is 0 Å². The molecule has 1 fully saturated rings. The van der Waals surface area contributed by atoms with Crippen LogP contribution < -0.4 is 11.1 Å². The summed E-state index contributed by atoms with van der Waals surface area (Å²) in [4.78, 5) is 14.3. The molecule has 0 aliphatic carbocycles. The number of benzene rings is 1. The Bertz CT molecular complexity index is 468. The molecule has 0 radical (unpaired) electrons. The van der Waals surface area contributed by atoms with Crippen LogP contribution in [0.1, 0.15) is 26.7 Å². The van der Waals surface area contributed by atoms with Crippen molar-refractivity contribution in [2.24, 2.45) is 0 Å². The average molecular weight is 291 g/mol. The first-order valence-electron chi connectivity index (χ1n) is 7.56. The molecule has 1 saturated heterocycles. The minimum atomic E-state index is 0.0160. The summed E-state index contributed by atoms with van der Waals surface area (Å²) >= 11 is 0. The van der Waals surface area contributed by atoms with Crippen LogP contribution in [0.2, 0.25) is 0 Å². The van der Waals surface area contributed by atoms with E-state index in [2.05, 4.69) is 24.1 Å². The quantitative estimate of drug-likeness (QED) is 0.815. The lowest BCUT2D eigenvalue weighted by Crippen LogP contribution is -2.45. The standard InChI is InChI=1S/C16H25N3O2/c1-12-10-19(11-13(2)21-12)9-5-8-16(20)18-15-7-4-3-6-14(15)17/h3-4,6-7,12-13H,5,8-11,17H2,1-2H3,(H,18,20). The summed E-state index contributed by atoms with van der Waals surface area (Å²) in [5.74, 6) is 0.0160. The monoisotopic (exact) mass is 291 g/mol. The van der Waals surface area contributed by atoms with Gasteiger partial charge in [-0.05, 0) is 38.9 Å². The van der Waals surface area contributed by atoms with Gasteiger partial charge in [0.2, 0.25) is 5.91 Å². The van der Waals surface area contributed by atoms with E-state index in [1.54, 1.807) is 6.07 Å². The number of para-hydroxylation sites is 2. The number of hydrogen-bond donors (Lipinski definition) is 2. The van der Waals surface area contributed by atoms with Crippen molar-refractivity contribution < 1.29 is 9.53 Å². The lowest BCUT2D eigenvalue weighted by Gasteiger charge is -2.35. The lowest BCUT2D eigenvalue weighted by molar-refractivity contribution is -0.116. The first-order chi connectivity index (χ1) is 10.0. The van der Waals surface area contributed by atoms with Crippen molar-refractivity contribution in [1.82, 2.24) is 4.90 Å². The number of nitrogen functional groups attached to an aromatic ring is 1. The summed E-state index contributed by atoms with van der Waals surface area (Å²) in [7, 11) is 0. The smallest absolute Gasteiger partial charge is 0.224 e. The molecule has 3 N–H and O–H groups in total. The summed E-state index contributed by atoms with van der Waals surface area (Å²) in [5.41, 5.74) is 7.10. The van der Waals surface area contributed by atoms with Crippen LogP contribution in [0, 0.1) is 0 Å². The summed E-state index contributed by atoms with van der Waals surface area (Å²) in [5, 5.41) is 2.86. The molecule has 1 aromatic carbocycles. The third kappa shape index (κ3) is 5.02. The van der Waals surface area contributed by atoms with Gasteiger partial charge in [-0.15, -0.1) is 0 Å². The molecule has 0 spiro atoms. The van der Waals surface area contributed by atoms with Crippen LogP contribution in [0.15, 0.2) is 24.3 Å². The normalized spacial score (nSPS) is 23.0. The molecular formula is C16H25N3O2. The Hall–Kier alpha value is -1.59. The van der Waals surface area contributed by atoms with Crippen LogP contribution in [0.5, 0.6) is 0 Å². The SMILES string of the molecule is CC1CN(CCCC(=O)Nc2ccccc2N)CC(C)O1. The average Bonchev–Trinajstić information content (AvgIpc) is 2.40. The molecule has 5 nitrogen and oxygen atoms in total. The van der Waals surface area contributed by atoms with E-state index in [0.717, 1.165) is 26.1 Å². The molecule has 0 aromatic heterocycles. The molecule has 1 heterocycles.